The van der Waals surface area contributed by atoms with Crippen molar-refractivity contribution in [3.05, 3.63) is 28.0 Å². The van der Waals surface area contributed by atoms with E-state index in [0.717, 1.165) is 5.56 Å². The summed E-state index contributed by atoms with van der Waals surface area (Å²) in [6.45, 7) is 3.76. The molecule has 0 fully saturated rings. The van der Waals surface area contributed by atoms with Crippen molar-refractivity contribution in [3.63, 3.8) is 0 Å². The van der Waals surface area contributed by atoms with Gasteiger partial charge >= 0.3 is 0 Å². The summed E-state index contributed by atoms with van der Waals surface area (Å²) in [5, 5.41) is 9.22. The van der Waals surface area contributed by atoms with Gasteiger partial charge in [-0.25, -0.2) is 4.39 Å². The molecule has 1 aromatic carbocycles. The smallest absolute Gasteiger partial charge is 0.179 e. The summed E-state index contributed by atoms with van der Waals surface area (Å²) in [6, 6.07) is 3.27. The molecule has 0 aliphatic heterocycles. The summed E-state index contributed by atoms with van der Waals surface area (Å²) in [5.74, 6) is -0.240. The van der Waals surface area contributed by atoms with E-state index in [0.29, 0.717) is 4.47 Å². The van der Waals surface area contributed by atoms with Crippen LogP contribution in [0.15, 0.2) is 16.6 Å². The van der Waals surface area contributed by atoms with Crippen LogP contribution in [0.25, 0.3) is 0 Å². The van der Waals surface area contributed by atoms with E-state index in [-0.39, 0.29) is 12.4 Å². The third-order valence-corrected chi connectivity index (χ3v) is 2.97. The maximum Gasteiger partial charge on any atom is 0.179 e. The molecule has 2 nitrogen and oxygen atoms in total. The molecule has 0 atom stereocenters. The lowest BCUT2D eigenvalue weighted by molar-refractivity contribution is 0.218. The van der Waals surface area contributed by atoms with Crippen molar-refractivity contribution in [1.29, 1.82) is 0 Å². The summed E-state index contributed by atoms with van der Waals surface area (Å²) < 4.78 is 18.7. The van der Waals surface area contributed by atoms with Crippen molar-refractivity contribution < 1.29 is 14.2 Å². The molecule has 1 aromatic rings. The van der Waals surface area contributed by atoms with Crippen molar-refractivity contribution >= 4 is 15.9 Å². The Bertz CT molecular complexity index is 364. The van der Waals surface area contributed by atoms with Crippen LogP contribution in [0.3, 0.4) is 0 Å². The Balaban J connectivity index is 3.28. The van der Waals surface area contributed by atoms with Gasteiger partial charge in [-0.05, 0) is 33.6 Å². The number of rotatable bonds is 3. The van der Waals surface area contributed by atoms with Gasteiger partial charge in [0.25, 0.3) is 0 Å². The molecule has 0 unspecified atom stereocenters. The second-order valence-electron chi connectivity index (χ2n) is 4.02. The molecule has 0 aliphatic carbocycles. The third-order valence-electron chi connectivity index (χ3n) is 2.39. The number of hydrogen-bond acceptors (Lipinski definition) is 2. The highest BCUT2D eigenvalue weighted by atomic mass is 79.9. The van der Waals surface area contributed by atoms with Crippen LogP contribution in [0.2, 0.25) is 0 Å². The third kappa shape index (κ3) is 2.49. The summed E-state index contributed by atoms with van der Waals surface area (Å²) in [4.78, 5) is 0. The minimum atomic E-state index is -0.421. The molecule has 0 heterocycles. The number of ether oxygens (including phenoxy) is 1. The molecule has 0 amide bonds. The zero-order valence-corrected chi connectivity index (χ0v) is 10.6. The number of aliphatic hydroxyl groups excluding tert-OH is 1. The fourth-order valence-electron chi connectivity index (χ4n) is 1.19. The van der Waals surface area contributed by atoms with E-state index in [4.69, 9.17) is 4.74 Å². The Kier molecular flexibility index (Phi) is 3.73. The molecular formula is C11H14BrFO2. The summed E-state index contributed by atoms with van der Waals surface area (Å²) in [6.07, 6.45) is 0. The second kappa shape index (κ2) is 4.49. The number of aliphatic hydroxyl groups is 1. The lowest BCUT2D eigenvalue weighted by Crippen LogP contribution is -2.22. The molecule has 4 heteroatoms. The van der Waals surface area contributed by atoms with Gasteiger partial charge in [0, 0.05) is 5.41 Å². The van der Waals surface area contributed by atoms with Gasteiger partial charge in [-0.15, -0.1) is 0 Å². The van der Waals surface area contributed by atoms with Crippen LogP contribution in [0.1, 0.15) is 19.4 Å². The topological polar surface area (TPSA) is 29.5 Å². The van der Waals surface area contributed by atoms with Gasteiger partial charge in [0.15, 0.2) is 11.6 Å². The Morgan fingerprint density at radius 1 is 1.47 bits per heavy atom. The van der Waals surface area contributed by atoms with Crippen LogP contribution in [0.5, 0.6) is 5.75 Å². The molecule has 0 bridgehead atoms. The lowest BCUT2D eigenvalue weighted by Gasteiger charge is -2.23. The van der Waals surface area contributed by atoms with E-state index in [1.165, 1.54) is 7.11 Å². The van der Waals surface area contributed by atoms with Crippen LogP contribution in [-0.4, -0.2) is 18.8 Å². The van der Waals surface area contributed by atoms with Gasteiger partial charge < -0.3 is 9.84 Å². The van der Waals surface area contributed by atoms with Crippen LogP contribution < -0.4 is 4.74 Å². The minimum Gasteiger partial charge on any atom is -0.494 e. The zero-order chi connectivity index (χ0) is 11.6. The maximum atomic E-state index is 13.4. The highest BCUT2D eigenvalue weighted by Gasteiger charge is 2.22. The SMILES string of the molecule is COc1cc(C(C)(C)CO)cc(Br)c1F. The Labute approximate surface area is 97.2 Å². The molecule has 0 spiro atoms. The first-order valence-corrected chi connectivity index (χ1v) is 5.36. The molecule has 84 valence electrons. The monoisotopic (exact) mass is 276 g/mol. The number of hydrogen-bond donors (Lipinski definition) is 1. The van der Waals surface area contributed by atoms with Gasteiger partial charge in [-0.3, -0.25) is 0 Å². The normalized spacial score (nSPS) is 11.6. The molecule has 0 saturated carbocycles. The first kappa shape index (κ1) is 12.5. The molecule has 0 aromatic heterocycles. The predicted molar refractivity (Wildman–Crippen MR) is 60.8 cm³/mol. The number of halogens is 2. The average Bonchev–Trinajstić information content (AvgIpc) is 2.21. The largest absolute Gasteiger partial charge is 0.494 e. The van der Waals surface area contributed by atoms with E-state index >= 15 is 0 Å². The maximum absolute atomic E-state index is 13.4. The van der Waals surface area contributed by atoms with E-state index in [1.54, 1.807) is 12.1 Å². The van der Waals surface area contributed by atoms with Gasteiger partial charge in [-0.1, -0.05) is 13.8 Å². The van der Waals surface area contributed by atoms with Crippen molar-refractivity contribution in [2.75, 3.05) is 13.7 Å². The van der Waals surface area contributed by atoms with E-state index in [2.05, 4.69) is 15.9 Å². The Morgan fingerprint density at radius 2 is 2.07 bits per heavy atom. The van der Waals surface area contributed by atoms with Crippen LogP contribution in [-0.2, 0) is 5.41 Å². The van der Waals surface area contributed by atoms with Gasteiger partial charge in [0.05, 0.1) is 18.2 Å². The Morgan fingerprint density at radius 3 is 2.53 bits per heavy atom. The van der Waals surface area contributed by atoms with Crippen LogP contribution in [0, 0.1) is 5.82 Å². The first-order chi connectivity index (χ1) is 6.92. The summed E-state index contributed by atoms with van der Waals surface area (Å²) in [5.41, 5.74) is 0.416. The fraction of sp³-hybridized carbons (Fsp3) is 0.455. The lowest BCUT2D eigenvalue weighted by atomic mass is 9.85. The highest BCUT2D eigenvalue weighted by Crippen LogP contribution is 2.32. The molecule has 0 saturated heterocycles. The molecule has 1 N–H and O–H groups in total. The molecule has 0 aliphatic rings. The predicted octanol–water partition coefficient (Wildman–Crippen LogP) is 2.87. The van der Waals surface area contributed by atoms with Crippen molar-refractivity contribution in [3.8, 4) is 5.75 Å². The minimum absolute atomic E-state index is 0.00573. The van der Waals surface area contributed by atoms with Crippen molar-refractivity contribution in [2.24, 2.45) is 0 Å². The molecule has 15 heavy (non-hydrogen) atoms. The van der Waals surface area contributed by atoms with Crippen molar-refractivity contribution in [2.45, 2.75) is 19.3 Å². The molecular weight excluding hydrogens is 263 g/mol. The molecule has 0 radical (unpaired) electrons. The zero-order valence-electron chi connectivity index (χ0n) is 8.97. The van der Waals surface area contributed by atoms with Crippen LogP contribution >= 0.6 is 15.9 Å². The summed E-state index contributed by atoms with van der Waals surface area (Å²) >= 11 is 3.12. The standard InChI is InChI=1S/C11H14BrFO2/c1-11(2,6-14)7-4-8(12)10(13)9(5-7)15-3/h4-5,14H,6H2,1-3H3. The fourth-order valence-corrected chi connectivity index (χ4v) is 1.64. The average molecular weight is 277 g/mol. The van der Waals surface area contributed by atoms with Gasteiger partial charge in [0.1, 0.15) is 0 Å². The Hall–Kier alpha value is -0.610. The van der Waals surface area contributed by atoms with E-state index in [9.17, 15) is 9.50 Å². The first-order valence-electron chi connectivity index (χ1n) is 4.56. The number of methoxy groups -OCH3 is 1. The number of benzene rings is 1. The van der Waals surface area contributed by atoms with E-state index < -0.39 is 11.2 Å². The van der Waals surface area contributed by atoms with Gasteiger partial charge in [0.2, 0.25) is 0 Å². The second-order valence-corrected chi connectivity index (χ2v) is 4.87. The van der Waals surface area contributed by atoms with Gasteiger partial charge in [-0.2, -0.15) is 0 Å². The highest BCUT2D eigenvalue weighted by molar-refractivity contribution is 9.10. The van der Waals surface area contributed by atoms with Crippen LogP contribution in [0.4, 0.5) is 4.39 Å². The van der Waals surface area contributed by atoms with E-state index in [1.807, 2.05) is 13.8 Å². The van der Waals surface area contributed by atoms with Crippen molar-refractivity contribution in [1.82, 2.24) is 0 Å². The molecule has 1 rings (SSSR count). The summed E-state index contributed by atoms with van der Waals surface area (Å²) in [7, 11) is 1.42. The quantitative estimate of drug-likeness (QED) is 0.920.